The van der Waals surface area contributed by atoms with E-state index in [9.17, 15) is 0 Å². The molecule has 0 amide bonds. The van der Waals surface area contributed by atoms with Gasteiger partial charge in [0.25, 0.3) is 0 Å². The van der Waals surface area contributed by atoms with Crippen molar-refractivity contribution in [3.8, 4) is 0 Å². The second kappa shape index (κ2) is 5.14. The molecule has 4 heteroatoms. The molecule has 3 nitrogen and oxygen atoms in total. The minimum absolute atomic E-state index is 0.0706. The Kier molecular flexibility index (Phi) is 3.83. The Morgan fingerprint density at radius 1 is 1.47 bits per heavy atom. The van der Waals surface area contributed by atoms with Gasteiger partial charge in [-0.15, -0.1) is 0 Å². The number of rotatable bonds is 3. The van der Waals surface area contributed by atoms with Gasteiger partial charge in [-0.05, 0) is 47.2 Å². The fraction of sp³-hybridized carbons (Fsp3) is 0.636. The molecule has 1 aliphatic rings. The van der Waals surface area contributed by atoms with E-state index in [1.54, 1.807) is 6.26 Å². The van der Waals surface area contributed by atoms with Gasteiger partial charge < -0.3 is 14.9 Å². The van der Waals surface area contributed by atoms with Gasteiger partial charge in [0.15, 0.2) is 4.67 Å². The maximum atomic E-state index is 6.14. The molecule has 1 fully saturated rings. The number of furan rings is 1. The molecule has 1 aliphatic heterocycles. The summed E-state index contributed by atoms with van der Waals surface area (Å²) >= 11 is 3.36. The van der Waals surface area contributed by atoms with Crippen LogP contribution in [0.25, 0.3) is 0 Å². The Hall–Kier alpha value is -0.320. The van der Waals surface area contributed by atoms with E-state index < -0.39 is 0 Å². The standard InChI is InChI=1S/C11H16BrNO2/c12-11-9(3-6-15-11)10(13)7-8-1-4-14-5-2-8/h3,6,8,10H,1-2,4-5,7,13H2. The van der Waals surface area contributed by atoms with Crippen LogP contribution in [0.1, 0.15) is 30.9 Å². The zero-order valence-electron chi connectivity index (χ0n) is 8.62. The molecule has 84 valence electrons. The highest BCUT2D eigenvalue weighted by Crippen LogP contribution is 2.30. The third-order valence-corrected chi connectivity index (χ3v) is 3.62. The third-order valence-electron chi connectivity index (χ3n) is 2.97. The highest BCUT2D eigenvalue weighted by Gasteiger charge is 2.20. The normalized spacial score (nSPS) is 20.4. The van der Waals surface area contributed by atoms with Gasteiger partial charge in [0, 0.05) is 24.8 Å². The maximum absolute atomic E-state index is 6.14. The summed E-state index contributed by atoms with van der Waals surface area (Å²) in [7, 11) is 0. The van der Waals surface area contributed by atoms with Crippen LogP contribution in [0.5, 0.6) is 0 Å². The molecule has 2 rings (SSSR count). The van der Waals surface area contributed by atoms with Crippen LogP contribution in [-0.4, -0.2) is 13.2 Å². The van der Waals surface area contributed by atoms with Crippen molar-refractivity contribution in [2.24, 2.45) is 11.7 Å². The van der Waals surface area contributed by atoms with Gasteiger partial charge >= 0.3 is 0 Å². The minimum Gasteiger partial charge on any atom is -0.457 e. The van der Waals surface area contributed by atoms with Crippen molar-refractivity contribution < 1.29 is 9.15 Å². The zero-order valence-corrected chi connectivity index (χ0v) is 10.2. The van der Waals surface area contributed by atoms with Gasteiger partial charge in [0.1, 0.15) is 0 Å². The fourth-order valence-electron chi connectivity index (χ4n) is 2.04. The summed E-state index contributed by atoms with van der Waals surface area (Å²) in [5.41, 5.74) is 7.21. The lowest BCUT2D eigenvalue weighted by Gasteiger charge is -2.24. The lowest BCUT2D eigenvalue weighted by Crippen LogP contribution is -2.21. The highest BCUT2D eigenvalue weighted by molar-refractivity contribution is 9.10. The van der Waals surface area contributed by atoms with E-state index in [0.717, 1.165) is 42.7 Å². The van der Waals surface area contributed by atoms with Crippen molar-refractivity contribution in [2.45, 2.75) is 25.3 Å². The molecule has 1 atom stereocenters. The first kappa shape index (κ1) is 11.2. The van der Waals surface area contributed by atoms with E-state index in [4.69, 9.17) is 14.9 Å². The fourth-order valence-corrected chi connectivity index (χ4v) is 2.57. The molecule has 2 heterocycles. The van der Waals surface area contributed by atoms with Gasteiger partial charge in [0.05, 0.1) is 6.26 Å². The summed E-state index contributed by atoms with van der Waals surface area (Å²) in [6.07, 6.45) is 4.94. The average molecular weight is 274 g/mol. The summed E-state index contributed by atoms with van der Waals surface area (Å²) in [6.45, 7) is 1.76. The maximum Gasteiger partial charge on any atom is 0.173 e. The number of ether oxygens (including phenoxy) is 1. The van der Waals surface area contributed by atoms with E-state index in [1.807, 2.05) is 6.07 Å². The molecule has 0 saturated carbocycles. The molecule has 15 heavy (non-hydrogen) atoms. The van der Waals surface area contributed by atoms with Crippen LogP contribution < -0.4 is 5.73 Å². The first-order chi connectivity index (χ1) is 7.27. The number of hydrogen-bond acceptors (Lipinski definition) is 3. The second-order valence-corrected chi connectivity index (χ2v) is 4.77. The number of nitrogens with two attached hydrogens (primary N) is 1. The van der Waals surface area contributed by atoms with Crippen molar-refractivity contribution >= 4 is 15.9 Å². The van der Waals surface area contributed by atoms with Gasteiger partial charge in [-0.3, -0.25) is 0 Å². The first-order valence-electron chi connectivity index (χ1n) is 5.33. The largest absolute Gasteiger partial charge is 0.457 e. The predicted molar refractivity (Wildman–Crippen MR) is 61.5 cm³/mol. The lowest BCUT2D eigenvalue weighted by atomic mass is 9.91. The molecule has 1 saturated heterocycles. The van der Waals surface area contributed by atoms with E-state index in [1.165, 1.54) is 0 Å². The Morgan fingerprint density at radius 2 is 2.20 bits per heavy atom. The molecule has 0 radical (unpaired) electrons. The van der Waals surface area contributed by atoms with Crippen molar-refractivity contribution in [1.82, 2.24) is 0 Å². The quantitative estimate of drug-likeness (QED) is 0.922. The topological polar surface area (TPSA) is 48.4 Å². The Bertz CT molecular complexity index is 307. The Balaban J connectivity index is 1.91. The van der Waals surface area contributed by atoms with Crippen LogP contribution >= 0.6 is 15.9 Å². The minimum atomic E-state index is 0.0706. The van der Waals surface area contributed by atoms with Crippen LogP contribution in [0, 0.1) is 5.92 Å². The Labute approximate surface area is 98.1 Å². The number of hydrogen-bond donors (Lipinski definition) is 1. The van der Waals surface area contributed by atoms with Crippen molar-refractivity contribution in [2.75, 3.05) is 13.2 Å². The zero-order chi connectivity index (χ0) is 10.7. The summed E-state index contributed by atoms with van der Waals surface area (Å²) < 4.78 is 11.3. The van der Waals surface area contributed by atoms with E-state index >= 15 is 0 Å². The average Bonchev–Trinajstić information content (AvgIpc) is 2.66. The number of halogens is 1. The molecule has 0 aromatic carbocycles. The molecule has 1 unspecified atom stereocenters. The Morgan fingerprint density at radius 3 is 2.80 bits per heavy atom. The molecule has 2 N–H and O–H groups in total. The van der Waals surface area contributed by atoms with Gasteiger partial charge in [-0.1, -0.05) is 0 Å². The smallest absolute Gasteiger partial charge is 0.173 e. The molecular weight excluding hydrogens is 258 g/mol. The van der Waals surface area contributed by atoms with Crippen molar-refractivity contribution in [1.29, 1.82) is 0 Å². The second-order valence-electron chi connectivity index (χ2n) is 4.05. The summed E-state index contributed by atoms with van der Waals surface area (Å²) in [4.78, 5) is 0. The monoisotopic (exact) mass is 273 g/mol. The molecule has 1 aromatic heterocycles. The summed E-state index contributed by atoms with van der Waals surface area (Å²) in [5.74, 6) is 0.690. The molecule has 1 aromatic rings. The molecular formula is C11H16BrNO2. The van der Waals surface area contributed by atoms with Crippen LogP contribution in [0.4, 0.5) is 0 Å². The van der Waals surface area contributed by atoms with Crippen LogP contribution in [0.2, 0.25) is 0 Å². The van der Waals surface area contributed by atoms with Crippen LogP contribution in [0.3, 0.4) is 0 Å². The summed E-state index contributed by atoms with van der Waals surface area (Å²) in [6, 6.07) is 2.01. The van der Waals surface area contributed by atoms with Crippen molar-refractivity contribution in [3.05, 3.63) is 22.6 Å². The molecule has 0 aliphatic carbocycles. The first-order valence-corrected chi connectivity index (χ1v) is 6.13. The van der Waals surface area contributed by atoms with Gasteiger partial charge in [-0.2, -0.15) is 0 Å². The van der Waals surface area contributed by atoms with Crippen LogP contribution in [0.15, 0.2) is 21.4 Å². The third kappa shape index (κ3) is 2.83. The predicted octanol–water partition coefficient (Wildman–Crippen LogP) is 2.86. The van der Waals surface area contributed by atoms with Crippen LogP contribution in [-0.2, 0) is 4.74 Å². The van der Waals surface area contributed by atoms with Gasteiger partial charge in [-0.25, -0.2) is 0 Å². The van der Waals surface area contributed by atoms with E-state index in [2.05, 4.69) is 15.9 Å². The van der Waals surface area contributed by atoms with Gasteiger partial charge in [0.2, 0.25) is 0 Å². The SMILES string of the molecule is NC(CC1CCOCC1)c1ccoc1Br. The summed E-state index contributed by atoms with van der Waals surface area (Å²) in [5, 5.41) is 0. The molecule has 0 bridgehead atoms. The lowest BCUT2D eigenvalue weighted by molar-refractivity contribution is 0.0618. The van der Waals surface area contributed by atoms with E-state index in [0.29, 0.717) is 5.92 Å². The van der Waals surface area contributed by atoms with E-state index in [-0.39, 0.29) is 6.04 Å². The van der Waals surface area contributed by atoms with Crippen molar-refractivity contribution in [3.63, 3.8) is 0 Å². The highest BCUT2D eigenvalue weighted by atomic mass is 79.9. The molecule has 0 spiro atoms.